The molecule has 0 bridgehead atoms. The Morgan fingerprint density at radius 2 is 1.68 bits per heavy atom. The Balaban J connectivity index is 1.85. The second kappa shape index (κ2) is 11.4. The maximum absolute atomic E-state index is 12.3. The van der Waals surface area contributed by atoms with Crippen LogP contribution in [0.5, 0.6) is 5.75 Å². The summed E-state index contributed by atoms with van der Waals surface area (Å²) in [4.78, 5) is 35.6. The molecule has 3 amide bonds. The molecule has 0 saturated heterocycles. The zero-order chi connectivity index (χ0) is 20.2. The highest BCUT2D eigenvalue weighted by Crippen LogP contribution is 2.15. The van der Waals surface area contributed by atoms with Gasteiger partial charge in [0.2, 0.25) is 0 Å². The first kappa shape index (κ1) is 21.0. The molecule has 28 heavy (non-hydrogen) atoms. The summed E-state index contributed by atoms with van der Waals surface area (Å²) in [6, 6.07) is 15.4. The molecule has 0 aliphatic rings. The molecule has 7 nitrogen and oxygen atoms in total. The Kier molecular flexibility index (Phi) is 8.52. The minimum atomic E-state index is -0.694. The smallest absolute Gasteiger partial charge is 0.339 e. The third-order valence-corrected chi connectivity index (χ3v) is 3.78. The molecular formula is C21H24N2O5. The van der Waals surface area contributed by atoms with Crippen molar-refractivity contribution in [3.8, 4) is 5.75 Å². The van der Waals surface area contributed by atoms with Crippen LogP contribution in [0, 0.1) is 0 Å². The number of amides is 3. The zero-order valence-electron chi connectivity index (χ0n) is 15.8. The van der Waals surface area contributed by atoms with Gasteiger partial charge in [-0.2, -0.15) is 0 Å². The van der Waals surface area contributed by atoms with Crippen LogP contribution in [0.2, 0.25) is 0 Å². The standard InChI is InChI=1S/C21H24N2O5/c1-2-3-13-22-21(26)23-19(24)15-28-20(25)18-12-8-7-9-16(18)14-27-17-10-5-4-6-11-17/h4-12H,2-3,13-15H2,1H3,(H2,22,23,24,26). The van der Waals surface area contributed by atoms with Gasteiger partial charge in [-0.1, -0.05) is 49.7 Å². The van der Waals surface area contributed by atoms with E-state index in [1.807, 2.05) is 37.3 Å². The number of imide groups is 1. The number of carbonyl (C=O) groups is 3. The number of para-hydroxylation sites is 1. The number of hydrogen-bond donors (Lipinski definition) is 2. The Bertz CT molecular complexity index is 792. The van der Waals surface area contributed by atoms with Crippen LogP contribution in [0.15, 0.2) is 54.6 Å². The minimum Gasteiger partial charge on any atom is -0.489 e. The van der Waals surface area contributed by atoms with Crippen LogP contribution in [-0.4, -0.2) is 31.1 Å². The first-order valence-electron chi connectivity index (χ1n) is 9.10. The average molecular weight is 384 g/mol. The van der Waals surface area contributed by atoms with Gasteiger partial charge in [0.1, 0.15) is 12.4 Å². The largest absolute Gasteiger partial charge is 0.489 e. The van der Waals surface area contributed by atoms with Gasteiger partial charge in [-0.25, -0.2) is 9.59 Å². The van der Waals surface area contributed by atoms with Crippen molar-refractivity contribution in [2.45, 2.75) is 26.4 Å². The second-order valence-corrected chi connectivity index (χ2v) is 5.99. The fourth-order valence-electron chi connectivity index (χ4n) is 2.32. The molecule has 0 aliphatic heterocycles. The monoisotopic (exact) mass is 384 g/mol. The topological polar surface area (TPSA) is 93.7 Å². The van der Waals surface area contributed by atoms with Gasteiger partial charge in [-0.3, -0.25) is 10.1 Å². The van der Waals surface area contributed by atoms with Gasteiger partial charge in [0.05, 0.1) is 5.56 Å². The Labute approximate surface area is 164 Å². The lowest BCUT2D eigenvalue weighted by Crippen LogP contribution is -2.41. The number of unbranched alkanes of at least 4 members (excludes halogenated alkanes) is 1. The predicted molar refractivity (Wildman–Crippen MR) is 104 cm³/mol. The van der Waals surface area contributed by atoms with Gasteiger partial charge in [-0.05, 0) is 24.6 Å². The maximum atomic E-state index is 12.3. The van der Waals surface area contributed by atoms with Crippen molar-refractivity contribution in [1.29, 1.82) is 0 Å². The third kappa shape index (κ3) is 7.11. The molecule has 7 heteroatoms. The van der Waals surface area contributed by atoms with Gasteiger partial charge < -0.3 is 14.8 Å². The summed E-state index contributed by atoms with van der Waals surface area (Å²) in [5, 5.41) is 4.66. The van der Waals surface area contributed by atoms with E-state index in [9.17, 15) is 14.4 Å². The van der Waals surface area contributed by atoms with E-state index in [1.54, 1.807) is 24.3 Å². The van der Waals surface area contributed by atoms with Crippen LogP contribution in [0.3, 0.4) is 0 Å². The number of esters is 1. The van der Waals surface area contributed by atoms with E-state index in [4.69, 9.17) is 9.47 Å². The van der Waals surface area contributed by atoms with Crippen LogP contribution in [0.1, 0.15) is 35.7 Å². The summed E-state index contributed by atoms with van der Waals surface area (Å²) in [7, 11) is 0. The van der Waals surface area contributed by atoms with Crippen molar-refractivity contribution in [1.82, 2.24) is 10.6 Å². The van der Waals surface area contributed by atoms with E-state index in [-0.39, 0.29) is 6.61 Å². The van der Waals surface area contributed by atoms with Gasteiger partial charge in [0, 0.05) is 12.1 Å². The minimum absolute atomic E-state index is 0.182. The van der Waals surface area contributed by atoms with Crippen LogP contribution in [0.25, 0.3) is 0 Å². The summed E-state index contributed by atoms with van der Waals surface area (Å²) in [5.41, 5.74) is 0.938. The van der Waals surface area contributed by atoms with Crippen molar-refractivity contribution in [2.75, 3.05) is 13.2 Å². The Morgan fingerprint density at radius 1 is 0.964 bits per heavy atom. The maximum Gasteiger partial charge on any atom is 0.339 e. The summed E-state index contributed by atoms with van der Waals surface area (Å²) >= 11 is 0. The molecule has 0 radical (unpaired) electrons. The van der Waals surface area contributed by atoms with Gasteiger partial charge in [0.25, 0.3) is 5.91 Å². The molecule has 0 saturated carbocycles. The van der Waals surface area contributed by atoms with Crippen LogP contribution < -0.4 is 15.4 Å². The number of urea groups is 1. The molecule has 2 rings (SSSR count). The fourth-order valence-corrected chi connectivity index (χ4v) is 2.32. The molecule has 0 unspecified atom stereocenters. The Morgan fingerprint density at radius 3 is 2.43 bits per heavy atom. The molecule has 2 aromatic carbocycles. The van der Waals surface area contributed by atoms with Crippen LogP contribution in [0.4, 0.5) is 4.79 Å². The summed E-state index contributed by atoms with van der Waals surface area (Å²) < 4.78 is 10.7. The molecule has 2 aromatic rings. The molecule has 0 spiro atoms. The van der Waals surface area contributed by atoms with Crippen molar-refractivity contribution >= 4 is 17.9 Å². The SMILES string of the molecule is CCCCNC(=O)NC(=O)COC(=O)c1ccccc1COc1ccccc1. The second-order valence-electron chi connectivity index (χ2n) is 5.99. The van der Waals surface area contributed by atoms with Gasteiger partial charge >= 0.3 is 12.0 Å². The zero-order valence-corrected chi connectivity index (χ0v) is 15.8. The van der Waals surface area contributed by atoms with Gasteiger partial charge in [-0.15, -0.1) is 0 Å². The molecule has 0 fully saturated rings. The lowest BCUT2D eigenvalue weighted by Gasteiger charge is -2.11. The number of hydrogen-bond acceptors (Lipinski definition) is 5. The van der Waals surface area contributed by atoms with E-state index in [0.29, 0.717) is 23.4 Å². The van der Waals surface area contributed by atoms with Gasteiger partial charge in [0.15, 0.2) is 6.61 Å². The lowest BCUT2D eigenvalue weighted by atomic mass is 10.1. The Hall–Kier alpha value is -3.35. The van der Waals surface area contributed by atoms with E-state index in [2.05, 4.69) is 10.6 Å². The summed E-state index contributed by atoms with van der Waals surface area (Å²) in [5.74, 6) is -0.673. The highest BCUT2D eigenvalue weighted by molar-refractivity contribution is 5.97. The number of carbonyl (C=O) groups excluding carboxylic acids is 3. The normalized spacial score (nSPS) is 10.0. The molecule has 148 valence electrons. The first-order chi connectivity index (χ1) is 13.6. The number of benzene rings is 2. The molecular weight excluding hydrogens is 360 g/mol. The predicted octanol–water partition coefficient (Wildman–Crippen LogP) is 3.05. The molecule has 0 aliphatic carbocycles. The van der Waals surface area contributed by atoms with E-state index < -0.39 is 24.5 Å². The fraction of sp³-hybridized carbons (Fsp3) is 0.286. The van der Waals surface area contributed by atoms with Crippen LogP contribution >= 0.6 is 0 Å². The summed E-state index contributed by atoms with van der Waals surface area (Å²) in [6.07, 6.45) is 1.75. The highest BCUT2D eigenvalue weighted by atomic mass is 16.5. The quantitative estimate of drug-likeness (QED) is 0.512. The van der Waals surface area contributed by atoms with E-state index in [1.165, 1.54) is 0 Å². The third-order valence-electron chi connectivity index (χ3n) is 3.78. The molecule has 0 aromatic heterocycles. The molecule has 0 atom stereocenters. The van der Waals surface area contributed by atoms with E-state index >= 15 is 0 Å². The average Bonchev–Trinajstić information content (AvgIpc) is 2.71. The number of ether oxygens (including phenoxy) is 2. The highest BCUT2D eigenvalue weighted by Gasteiger charge is 2.15. The summed E-state index contributed by atoms with van der Waals surface area (Å²) in [6.45, 7) is 2.10. The molecule has 0 heterocycles. The van der Waals surface area contributed by atoms with Crippen molar-refractivity contribution in [2.24, 2.45) is 0 Å². The number of nitrogens with one attached hydrogen (secondary N) is 2. The van der Waals surface area contributed by atoms with Crippen molar-refractivity contribution in [3.05, 3.63) is 65.7 Å². The van der Waals surface area contributed by atoms with Crippen LogP contribution in [-0.2, 0) is 16.1 Å². The van der Waals surface area contributed by atoms with Crippen molar-refractivity contribution in [3.63, 3.8) is 0 Å². The first-order valence-corrected chi connectivity index (χ1v) is 9.10. The lowest BCUT2D eigenvalue weighted by molar-refractivity contribution is -0.123. The number of rotatable bonds is 9. The molecule has 2 N–H and O–H groups in total. The van der Waals surface area contributed by atoms with Crippen molar-refractivity contribution < 1.29 is 23.9 Å². The van der Waals surface area contributed by atoms with E-state index in [0.717, 1.165) is 12.8 Å².